The van der Waals surface area contributed by atoms with E-state index in [0.717, 1.165) is 53.0 Å². The van der Waals surface area contributed by atoms with Gasteiger partial charge in [0.25, 0.3) is 0 Å². The lowest BCUT2D eigenvalue weighted by Crippen LogP contribution is -2.27. The SMILES string of the molecule is C=C1C(OC)=CN(c2cccc(C34CCC(C)CC3C4)c2C)N=C1C1=CC=NC1C1=CC=CCC1. The molecule has 6 rings (SSSR count). The van der Waals surface area contributed by atoms with Gasteiger partial charge >= 0.3 is 0 Å². The first-order valence-corrected chi connectivity index (χ1v) is 13.0. The summed E-state index contributed by atoms with van der Waals surface area (Å²) < 4.78 is 5.80. The molecule has 3 aliphatic carbocycles. The number of aliphatic imine (C=N–C) groups is 1. The zero-order chi connectivity index (χ0) is 24.2. The first-order chi connectivity index (χ1) is 17.0. The van der Waals surface area contributed by atoms with Crippen LogP contribution < -0.4 is 5.01 Å². The fourth-order valence-electron chi connectivity index (χ4n) is 6.75. The van der Waals surface area contributed by atoms with Gasteiger partial charge in [0.2, 0.25) is 0 Å². The fourth-order valence-corrected chi connectivity index (χ4v) is 6.75. The highest BCUT2D eigenvalue weighted by molar-refractivity contribution is 6.18. The molecule has 2 heterocycles. The highest BCUT2D eigenvalue weighted by atomic mass is 16.5. The van der Waals surface area contributed by atoms with Crippen LogP contribution in [0.25, 0.3) is 0 Å². The van der Waals surface area contributed by atoms with Gasteiger partial charge in [0.05, 0.1) is 25.0 Å². The highest BCUT2D eigenvalue weighted by Crippen LogP contribution is 2.64. The van der Waals surface area contributed by atoms with E-state index in [2.05, 4.69) is 62.9 Å². The number of hydrazone groups is 1. The van der Waals surface area contributed by atoms with Crippen molar-refractivity contribution in [2.45, 2.75) is 63.8 Å². The minimum absolute atomic E-state index is 0.00345. The quantitative estimate of drug-likeness (QED) is 0.472. The first-order valence-electron chi connectivity index (χ1n) is 13.0. The van der Waals surface area contributed by atoms with Crippen LogP contribution in [0.2, 0.25) is 0 Å². The van der Waals surface area contributed by atoms with Gasteiger partial charge in [-0.05, 0) is 91.5 Å². The Hall–Kier alpha value is -3.14. The largest absolute Gasteiger partial charge is 0.494 e. The Morgan fingerprint density at radius 2 is 2.11 bits per heavy atom. The van der Waals surface area contributed by atoms with Crippen LogP contribution in [0.5, 0.6) is 0 Å². The predicted octanol–water partition coefficient (Wildman–Crippen LogP) is 6.95. The fraction of sp³-hybridized carbons (Fsp3) is 0.419. The van der Waals surface area contributed by atoms with Crippen LogP contribution in [-0.2, 0) is 10.2 Å². The average Bonchev–Trinajstić information content (AvgIpc) is 3.39. The summed E-state index contributed by atoms with van der Waals surface area (Å²) in [5.74, 6) is 2.44. The van der Waals surface area contributed by atoms with Gasteiger partial charge in [0.15, 0.2) is 0 Å². The lowest BCUT2D eigenvalue weighted by Gasteiger charge is -2.31. The van der Waals surface area contributed by atoms with E-state index < -0.39 is 0 Å². The van der Waals surface area contributed by atoms with Crippen molar-refractivity contribution in [2.75, 3.05) is 12.1 Å². The number of nitrogens with zero attached hydrogens (tertiary/aromatic N) is 3. The third-order valence-electron chi connectivity index (χ3n) is 8.80. The van der Waals surface area contributed by atoms with Crippen molar-refractivity contribution in [1.82, 2.24) is 0 Å². The maximum atomic E-state index is 5.80. The van der Waals surface area contributed by atoms with Gasteiger partial charge in [-0.1, -0.05) is 43.9 Å². The molecule has 4 unspecified atom stereocenters. The molecule has 4 nitrogen and oxygen atoms in total. The van der Waals surface area contributed by atoms with Crippen molar-refractivity contribution in [1.29, 1.82) is 0 Å². The Bertz CT molecular complexity index is 1260. The molecule has 1 aromatic rings. The Balaban J connectivity index is 1.37. The second kappa shape index (κ2) is 8.51. The van der Waals surface area contributed by atoms with E-state index in [0.29, 0.717) is 5.41 Å². The molecular weight excluding hydrogens is 430 g/mol. The number of methoxy groups -OCH3 is 1. The van der Waals surface area contributed by atoms with E-state index in [4.69, 9.17) is 14.8 Å². The Morgan fingerprint density at radius 1 is 1.23 bits per heavy atom. The van der Waals surface area contributed by atoms with Crippen LogP contribution in [-0.4, -0.2) is 25.1 Å². The minimum atomic E-state index is -0.00345. The molecule has 2 fully saturated rings. The maximum absolute atomic E-state index is 5.80. The molecule has 0 radical (unpaired) electrons. The van der Waals surface area contributed by atoms with E-state index in [1.54, 1.807) is 7.11 Å². The number of anilines is 1. The van der Waals surface area contributed by atoms with Crippen LogP contribution in [0, 0.1) is 18.8 Å². The van der Waals surface area contributed by atoms with Crippen molar-refractivity contribution in [3.05, 3.63) is 88.9 Å². The van der Waals surface area contributed by atoms with Gasteiger partial charge in [-0.15, -0.1) is 0 Å². The van der Waals surface area contributed by atoms with Crippen molar-refractivity contribution in [3.8, 4) is 0 Å². The van der Waals surface area contributed by atoms with Gasteiger partial charge < -0.3 is 4.74 Å². The van der Waals surface area contributed by atoms with E-state index >= 15 is 0 Å². The molecule has 0 aromatic heterocycles. The number of allylic oxidation sites excluding steroid dienone is 5. The van der Waals surface area contributed by atoms with E-state index in [1.165, 1.54) is 42.4 Å². The van der Waals surface area contributed by atoms with Gasteiger partial charge in [-0.25, -0.2) is 5.01 Å². The predicted molar refractivity (Wildman–Crippen MR) is 145 cm³/mol. The number of benzene rings is 1. The normalized spacial score (nSPS) is 31.5. The lowest BCUT2D eigenvalue weighted by atomic mass is 9.77. The summed E-state index contributed by atoms with van der Waals surface area (Å²) in [6.45, 7) is 9.04. The molecule has 0 bridgehead atoms. The summed E-state index contributed by atoms with van der Waals surface area (Å²) >= 11 is 0. The monoisotopic (exact) mass is 465 g/mol. The van der Waals surface area contributed by atoms with Crippen LogP contribution in [0.4, 0.5) is 5.69 Å². The smallest absolute Gasteiger partial charge is 0.146 e. The molecule has 0 saturated heterocycles. The van der Waals surface area contributed by atoms with Crippen molar-refractivity contribution >= 4 is 17.6 Å². The number of hydrogen-bond acceptors (Lipinski definition) is 4. The summed E-state index contributed by atoms with van der Waals surface area (Å²) in [5.41, 5.74) is 8.44. The van der Waals surface area contributed by atoms with Gasteiger partial charge in [0.1, 0.15) is 11.5 Å². The minimum Gasteiger partial charge on any atom is -0.494 e. The Morgan fingerprint density at radius 3 is 2.89 bits per heavy atom. The van der Waals surface area contributed by atoms with Crippen LogP contribution in [0.1, 0.15) is 56.6 Å². The molecule has 2 aliphatic heterocycles. The molecule has 5 aliphatic rings. The van der Waals surface area contributed by atoms with Gasteiger partial charge in [0, 0.05) is 17.4 Å². The van der Waals surface area contributed by atoms with Crippen LogP contribution >= 0.6 is 0 Å². The first kappa shape index (κ1) is 22.3. The Kier molecular flexibility index (Phi) is 5.43. The van der Waals surface area contributed by atoms with E-state index in [9.17, 15) is 0 Å². The third-order valence-corrected chi connectivity index (χ3v) is 8.80. The van der Waals surface area contributed by atoms with Crippen molar-refractivity contribution < 1.29 is 4.74 Å². The summed E-state index contributed by atoms with van der Waals surface area (Å²) in [6, 6.07) is 6.74. The van der Waals surface area contributed by atoms with Gasteiger partial charge in [-0.3, -0.25) is 4.99 Å². The second-order valence-electron chi connectivity index (χ2n) is 10.9. The number of ether oxygens (including phenoxy) is 1. The van der Waals surface area contributed by atoms with Crippen LogP contribution in [0.3, 0.4) is 0 Å². The standard InChI is InChI=1S/C31H35N3O/c1-20-13-15-31(18-24(31)17-20)26-11-8-12-27(21(26)2)34-19-28(35-4)22(3)29(33-34)25-14-16-32-30(25)23-9-6-5-7-10-23/h5-6,8-9,11-12,14,16,19-20,24,30H,3,7,10,13,15,17-18H2,1-2,4H3. The van der Waals surface area contributed by atoms with Gasteiger partial charge in [-0.2, -0.15) is 5.10 Å². The van der Waals surface area contributed by atoms with Crippen molar-refractivity contribution in [2.24, 2.45) is 21.9 Å². The molecule has 180 valence electrons. The summed E-state index contributed by atoms with van der Waals surface area (Å²) in [4.78, 5) is 4.79. The second-order valence-corrected chi connectivity index (χ2v) is 10.9. The molecule has 0 N–H and O–H groups in total. The topological polar surface area (TPSA) is 37.2 Å². The summed E-state index contributed by atoms with van der Waals surface area (Å²) in [7, 11) is 1.71. The highest BCUT2D eigenvalue weighted by Gasteiger charge is 2.57. The van der Waals surface area contributed by atoms with E-state index in [1.807, 2.05) is 17.4 Å². The molecule has 35 heavy (non-hydrogen) atoms. The lowest BCUT2D eigenvalue weighted by molar-refractivity contribution is 0.301. The average molecular weight is 466 g/mol. The molecule has 2 saturated carbocycles. The summed E-state index contributed by atoms with van der Waals surface area (Å²) in [5, 5.41) is 7.16. The molecule has 4 atom stereocenters. The number of rotatable bonds is 5. The Labute approximate surface area is 209 Å². The van der Waals surface area contributed by atoms with Crippen molar-refractivity contribution in [3.63, 3.8) is 0 Å². The maximum Gasteiger partial charge on any atom is 0.146 e. The van der Waals surface area contributed by atoms with Crippen LogP contribution in [0.15, 0.2) is 87.9 Å². The number of hydrogen-bond donors (Lipinski definition) is 0. The molecule has 1 aromatic carbocycles. The summed E-state index contributed by atoms with van der Waals surface area (Å²) in [6.07, 6.45) is 20.0. The molecule has 0 amide bonds. The zero-order valence-corrected chi connectivity index (χ0v) is 21.1. The zero-order valence-electron chi connectivity index (χ0n) is 21.1. The molecular formula is C31H35N3O. The third kappa shape index (κ3) is 3.65. The van der Waals surface area contributed by atoms with E-state index in [-0.39, 0.29) is 6.04 Å². The molecule has 4 heteroatoms. The molecule has 0 spiro atoms. The number of fused-ring (bicyclic) bond motifs is 1.